The van der Waals surface area contributed by atoms with Crippen molar-refractivity contribution in [2.75, 3.05) is 14.2 Å². The molecule has 0 atom stereocenters. The van der Waals surface area contributed by atoms with Crippen LogP contribution in [0.5, 0.6) is 5.75 Å². The van der Waals surface area contributed by atoms with E-state index in [1.54, 1.807) is 0 Å². The van der Waals surface area contributed by atoms with Crippen LogP contribution in [-0.2, 0) is 0 Å². The van der Waals surface area contributed by atoms with E-state index in [1.165, 1.54) is 20.2 Å². The molecule has 1 N–H and O–H groups in total. The number of hydrogen-bond donors (Lipinski definition) is 1. The van der Waals surface area contributed by atoms with Gasteiger partial charge < -0.3 is 10.1 Å². The molecule has 13 heavy (non-hydrogen) atoms. The van der Waals surface area contributed by atoms with Gasteiger partial charge >= 0.3 is 0 Å². The third-order valence-corrected chi connectivity index (χ3v) is 1.57. The van der Waals surface area contributed by atoms with Gasteiger partial charge in [0, 0.05) is 13.1 Å². The first-order valence-electron chi connectivity index (χ1n) is 3.66. The summed E-state index contributed by atoms with van der Waals surface area (Å²) in [6.07, 6.45) is 0. The van der Waals surface area contributed by atoms with E-state index in [4.69, 9.17) is 4.74 Å². The Labute approximate surface area is 75.5 Å². The summed E-state index contributed by atoms with van der Waals surface area (Å²) in [5.41, 5.74) is -0.0434. The molecule has 0 heterocycles. The Morgan fingerprint density at radius 1 is 1.69 bits per heavy atom. The summed E-state index contributed by atoms with van der Waals surface area (Å²) in [5.74, 6) is -0.759. The second kappa shape index (κ2) is 3.89. The van der Waals surface area contributed by atoms with Crippen LogP contribution >= 0.6 is 0 Å². The largest absolute Gasteiger partial charge is 0.496 e. The second-order valence-electron chi connectivity index (χ2n) is 2.34. The van der Waals surface area contributed by atoms with Crippen molar-refractivity contribution in [1.29, 1.82) is 0 Å². The summed E-state index contributed by atoms with van der Waals surface area (Å²) in [7, 11) is 2.86. The molecule has 1 amide bonds. The Morgan fingerprint density at radius 2 is 2.38 bits per heavy atom. The summed E-state index contributed by atoms with van der Waals surface area (Å²) in [6, 6.07) is 4.90. The number of rotatable bonds is 2. The molecular formula is C9H9FNO2. The summed E-state index contributed by atoms with van der Waals surface area (Å²) in [6.45, 7) is 0. The summed E-state index contributed by atoms with van der Waals surface area (Å²) in [4.78, 5) is 11.1. The molecule has 1 aromatic rings. The Morgan fingerprint density at radius 3 is 2.92 bits per heavy atom. The number of amides is 1. The number of halogens is 1. The molecule has 4 heteroatoms. The van der Waals surface area contributed by atoms with Crippen LogP contribution in [-0.4, -0.2) is 20.1 Å². The molecule has 1 rings (SSSR count). The van der Waals surface area contributed by atoms with E-state index in [9.17, 15) is 9.18 Å². The highest BCUT2D eigenvalue weighted by Gasteiger charge is 2.10. The molecule has 69 valence electrons. The third kappa shape index (κ3) is 1.96. The monoisotopic (exact) mass is 182 g/mol. The van der Waals surface area contributed by atoms with Crippen molar-refractivity contribution in [2.45, 2.75) is 0 Å². The van der Waals surface area contributed by atoms with E-state index in [0.29, 0.717) is 5.75 Å². The maximum Gasteiger partial charge on any atom is 0.254 e. The van der Waals surface area contributed by atoms with Gasteiger partial charge in [-0.25, -0.2) is 4.39 Å². The molecule has 1 radical (unpaired) electrons. The van der Waals surface area contributed by atoms with E-state index in [1.807, 2.05) is 0 Å². The molecular weight excluding hydrogens is 173 g/mol. The van der Waals surface area contributed by atoms with E-state index in [0.717, 1.165) is 6.07 Å². The lowest BCUT2D eigenvalue weighted by Crippen LogP contribution is -2.19. The average Bonchev–Trinajstić information content (AvgIpc) is 2.17. The zero-order valence-electron chi connectivity index (χ0n) is 7.35. The van der Waals surface area contributed by atoms with Gasteiger partial charge in [-0.2, -0.15) is 0 Å². The molecule has 0 aliphatic heterocycles. The predicted molar refractivity (Wildman–Crippen MR) is 45.2 cm³/mol. The molecule has 0 unspecified atom stereocenters. The lowest BCUT2D eigenvalue weighted by atomic mass is 10.2. The molecule has 0 saturated heterocycles. The molecule has 3 nitrogen and oxygen atoms in total. The molecule has 0 fully saturated rings. The quantitative estimate of drug-likeness (QED) is 0.740. The zero-order chi connectivity index (χ0) is 9.84. The van der Waals surface area contributed by atoms with Gasteiger partial charge in [0.1, 0.15) is 11.6 Å². The van der Waals surface area contributed by atoms with Gasteiger partial charge in [-0.3, -0.25) is 4.79 Å². The predicted octanol–water partition coefficient (Wildman–Crippen LogP) is 0.994. The van der Waals surface area contributed by atoms with Crippen molar-refractivity contribution < 1.29 is 13.9 Å². The van der Waals surface area contributed by atoms with E-state index in [-0.39, 0.29) is 5.56 Å². The van der Waals surface area contributed by atoms with Crippen molar-refractivity contribution in [3.8, 4) is 5.75 Å². The topological polar surface area (TPSA) is 38.3 Å². The number of carbonyl (C=O) groups is 1. The molecule has 0 aliphatic carbocycles. The van der Waals surface area contributed by atoms with Gasteiger partial charge in [0.05, 0.1) is 12.7 Å². The SMILES string of the molecule is CNC(=O)c1cc(OC)[c]cc1F. The van der Waals surface area contributed by atoms with Crippen LogP contribution in [0.1, 0.15) is 10.4 Å². The van der Waals surface area contributed by atoms with E-state index in [2.05, 4.69) is 11.4 Å². The Balaban J connectivity index is 3.11. The van der Waals surface area contributed by atoms with Gasteiger partial charge in [-0.15, -0.1) is 0 Å². The summed E-state index contributed by atoms with van der Waals surface area (Å²) in [5, 5.41) is 2.33. The Kier molecular flexibility index (Phi) is 2.84. The summed E-state index contributed by atoms with van der Waals surface area (Å²) < 4.78 is 17.8. The van der Waals surface area contributed by atoms with Crippen LogP contribution in [0.3, 0.4) is 0 Å². The number of methoxy groups -OCH3 is 1. The number of benzene rings is 1. The highest BCUT2D eigenvalue weighted by atomic mass is 19.1. The minimum absolute atomic E-state index is 0.0434. The number of ether oxygens (including phenoxy) is 1. The number of hydrogen-bond acceptors (Lipinski definition) is 2. The van der Waals surface area contributed by atoms with Gasteiger partial charge in [0.25, 0.3) is 5.91 Å². The van der Waals surface area contributed by atoms with Crippen molar-refractivity contribution in [1.82, 2.24) is 5.32 Å². The Bertz CT molecular complexity index is 325. The number of carbonyl (C=O) groups excluding carboxylic acids is 1. The minimum Gasteiger partial charge on any atom is -0.496 e. The molecule has 0 bridgehead atoms. The third-order valence-electron chi connectivity index (χ3n) is 1.57. The van der Waals surface area contributed by atoms with Crippen molar-refractivity contribution in [3.05, 3.63) is 29.6 Å². The first-order valence-corrected chi connectivity index (χ1v) is 3.66. The first kappa shape index (κ1) is 9.51. The van der Waals surface area contributed by atoms with Crippen molar-refractivity contribution in [3.63, 3.8) is 0 Å². The smallest absolute Gasteiger partial charge is 0.254 e. The fourth-order valence-electron chi connectivity index (χ4n) is 0.880. The van der Waals surface area contributed by atoms with Crippen molar-refractivity contribution >= 4 is 5.91 Å². The number of nitrogens with one attached hydrogen (secondary N) is 1. The molecule has 1 aromatic carbocycles. The zero-order valence-corrected chi connectivity index (χ0v) is 7.35. The average molecular weight is 182 g/mol. The normalized spacial score (nSPS) is 9.46. The van der Waals surface area contributed by atoms with Gasteiger partial charge in [-0.05, 0) is 12.1 Å². The lowest BCUT2D eigenvalue weighted by molar-refractivity contribution is 0.0958. The van der Waals surface area contributed by atoms with Crippen LogP contribution < -0.4 is 10.1 Å². The minimum atomic E-state index is -0.611. The van der Waals surface area contributed by atoms with Crippen molar-refractivity contribution in [2.24, 2.45) is 0 Å². The van der Waals surface area contributed by atoms with Crippen LogP contribution in [0.25, 0.3) is 0 Å². The molecule has 0 aromatic heterocycles. The van der Waals surface area contributed by atoms with Crippen LogP contribution in [0.2, 0.25) is 0 Å². The highest BCUT2D eigenvalue weighted by molar-refractivity contribution is 5.94. The lowest BCUT2D eigenvalue weighted by Gasteiger charge is -2.03. The van der Waals surface area contributed by atoms with Crippen LogP contribution in [0, 0.1) is 11.9 Å². The van der Waals surface area contributed by atoms with Gasteiger partial charge in [0.15, 0.2) is 0 Å². The molecule has 0 saturated carbocycles. The first-order chi connectivity index (χ1) is 6.19. The maximum atomic E-state index is 13.0. The fraction of sp³-hybridized carbons (Fsp3) is 0.222. The second-order valence-corrected chi connectivity index (χ2v) is 2.34. The maximum absolute atomic E-state index is 13.0. The van der Waals surface area contributed by atoms with Gasteiger partial charge in [-0.1, -0.05) is 0 Å². The van der Waals surface area contributed by atoms with Crippen LogP contribution in [0.15, 0.2) is 12.1 Å². The van der Waals surface area contributed by atoms with Gasteiger partial charge in [0.2, 0.25) is 0 Å². The van der Waals surface area contributed by atoms with Crippen LogP contribution in [0.4, 0.5) is 4.39 Å². The Hall–Kier alpha value is -1.58. The molecule has 0 aliphatic rings. The molecule has 0 spiro atoms. The standard InChI is InChI=1S/C9H9FNO2/c1-11-9(12)7-5-6(13-2)3-4-8(7)10/h4-5H,1-2H3,(H,11,12). The summed E-state index contributed by atoms with van der Waals surface area (Å²) >= 11 is 0. The van der Waals surface area contributed by atoms with E-state index >= 15 is 0 Å². The fourth-order valence-corrected chi connectivity index (χ4v) is 0.880. The highest BCUT2D eigenvalue weighted by Crippen LogP contribution is 2.15. The van der Waals surface area contributed by atoms with E-state index < -0.39 is 11.7 Å².